The number of nitrogens with one attached hydrogen (secondary N) is 2. The van der Waals surface area contributed by atoms with Gasteiger partial charge in [-0.2, -0.15) is 0 Å². The van der Waals surface area contributed by atoms with E-state index < -0.39 is 0 Å². The van der Waals surface area contributed by atoms with Gasteiger partial charge in [0.1, 0.15) is 0 Å². The standard InChI is InChI=1S/C18H34N4O.HI/c1-14-7-3-5-11-22(14)12-6-4-10-20-18(19-2)21-16-13-15-8-9-17(16)23-15;/h14-17H,3-13H2,1-2H3,(H2,19,20,21);1H. The smallest absolute Gasteiger partial charge is 0.191 e. The molecule has 4 unspecified atom stereocenters. The van der Waals surface area contributed by atoms with Crippen molar-refractivity contribution in [1.29, 1.82) is 0 Å². The van der Waals surface area contributed by atoms with Crippen LogP contribution in [0.5, 0.6) is 0 Å². The van der Waals surface area contributed by atoms with E-state index in [1.165, 1.54) is 58.0 Å². The predicted octanol–water partition coefficient (Wildman–Crippen LogP) is 2.74. The molecule has 0 aromatic carbocycles. The molecule has 3 aliphatic heterocycles. The fourth-order valence-electron chi connectivity index (χ4n) is 4.30. The number of rotatable bonds is 6. The van der Waals surface area contributed by atoms with Crippen LogP contribution in [0.4, 0.5) is 0 Å². The molecule has 0 radical (unpaired) electrons. The van der Waals surface area contributed by atoms with Gasteiger partial charge in [-0.1, -0.05) is 6.42 Å². The summed E-state index contributed by atoms with van der Waals surface area (Å²) < 4.78 is 5.90. The second-order valence-corrected chi connectivity index (χ2v) is 7.45. The maximum absolute atomic E-state index is 5.90. The van der Waals surface area contributed by atoms with E-state index in [2.05, 4.69) is 27.4 Å². The second-order valence-electron chi connectivity index (χ2n) is 7.45. The molecule has 3 heterocycles. The highest BCUT2D eigenvalue weighted by atomic mass is 127. The molecule has 0 aromatic heterocycles. The first-order valence-corrected chi connectivity index (χ1v) is 9.63. The summed E-state index contributed by atoms with van der Waals surface area (Å²) in [5.74, 6) is 0.942. The Hall–Kier alpha value is -0.0800. The van der Waals surface area contributed by atoms with Gasteiger partial charge in [0, 0.05) is 19.6 Å². The van der Waals surface area contributed by atoms with Crippen molar-refractivity contribution in [3.8, 4) is 0 Å². The molecule has 2 bridgehead atoms. The summed E-state index contributed by atoms with van der Waals surface area (Å²) in [6.07, 6.45) is 11.1. The number of aliphatic imine (C=N–C) groups is 1. The van der Waals surface area contributed by atoms with E-state index in [9.17, 15) is 0 Å². The van der Waals surface area contributed by atoms with Crippen LogP contribution in [0, 0.1) is 0 Å². The van der Waals surface area contributed by atoms with E-state index in [0.29, 0.717) is 18.2 Å². The number of nitrogens with zero attached hydrogens (tertiary/aromatic N) is 2. The largest absolute Gasteiger partial charge is 0.373 e. The Balaban J connectivity index is 0.00000208. The molecule has 3 aliphatic rings. The average molecular weight is 450 g/mol. The molecule has 140 valence electrons. The Morgan fingerprint density at radius 3 is 2.75 bits per heavy atom. The highest BCUT2D eigenvalue weighted by molar-refractivity contribution is 14.0. The van der Waals surface area contributed by atoms with Crippen molar-refractivity contribution in [2.24, 2.45) is 4.99 Å². The van der Waals surface area contributed by atoms with Crippen LogP contribution in [0.2, 0.25) is 0 Å². The monoisotopic (exact) mass is 450 g/mol. The van der Waals surface area contributed by atoms with Gasteiger partial charge in [0.25, 0.3) is 0 Å². The van der Waals surface area contributed by atoms with Gasteiger partial charge in [-0.25, -0.2) is 0 Å². The minimum atomic E-state index is 0. The normalized spacial score (nSPS) is 33.3. The highest BCUT2D eigenvalue weighted by Gasteiger charge is 2.41. The molecule has 3 saturated heterocycles. The Kier molecular flexibility index (Phi) is 8.57. The van der Waals surface area contributed by atoms with Crippen LogP contribution in [-0.4, -0.2) is 61.8 Å². The Bertz CT molecular complexity index is 406. The maximum atomic E-state index is 5.90. The van der Waals surface area contributed by atoms with Gasteiger partial charge in [-0.05, 0) is 65.0 Å². The van der Waals surface area contributed by atoms with Crippen LogP contribution in [-0.2, 0) is 4.74 Å². The second kappa shape index (κ2) is 10.2. The summed E-state index contributed by atoms with van der Waals surface area (Å²) in [5.41, 5.74) is 0. The van der Waals surface area contributed by atoms with Gasteiger partial charge in [0.2, 0.25) is 0 Å². The number of fused-ring (bicyclic) bond motifs is 2. The molecule has 6 heteroatoms. The predicted molar refractivity (Wildman–Crippen MR) is 110 cm³/mol. The van der Waals surface area contributed by atoms with Crippen molar-refractivity contribution in [2.45, 2.75) is 82.6 Å². The van der Waals surface area contributed by atoms with E-state index in [-0.39, 0.29) is 24.0 Å². The summed E-state index contributed by atoms with van der Waals surface area (Å²) in [6, 6.07) is 1.23. The molecule has 2 N–H and O–H groups in total. The Morgan fingerprint density at radius 1 is 1.21 bits per heavy atom. The lowest BCUT2D eigenvalue weighted by molar-refractivity contribution is 0.0992. The first-order valence-electron chi connectivity index (χ1n) is 9.63. The third kappa shape index (κ3) is 5.46. The van der Waals surface area contributed by atoms with Gasteiger partial charge in [-0.15, -0.1) is 24.0 Å². The van der Waals surface area contributed by atoms with Gasteiger partial charge >= 0.3 is 0 Å². The maximum Gasteiger partial charge on any atom is 0.191 e. The molecular weight excluding hydrogens is 415 g/mol. The van der Waals surface area contributed by atoms with Crippen molar-refractivity contribution in [3.63, 3.8) is 0 Å². The quantitative estimate of drug-likeness (QED) is 0.283. The van der Waals surface area contributed by atoms with Crippen LogP contribution in [0.15, 0.2) is 4.99 Å². The lowest BCUT2D eigenvalue weighted by atomic mass is 9.96. The van der Waals surface area contributed by atoms with E-state index >= 15 is 0 Å². The minimum absolute atomic E-state index is 0. The average Bonchev–Trinajstić information content (AvgIpc) is 3.18. The molecule has 3 rings (SSSR count). The number of guanidine groups is 1. The first-order chi connectivity index (χ1) is 11.3. The molecule has 5 nitrogen and oxygen atoms in total. The molecule has 3 fully saturated rings. The summed E-state index contributed by atoms with van der Waals surface area (Å²) in [5, 5.41) is 7.02. The third-order valence-electron chi connectivity index (χ3n) is 5.76. The van der Waals surface area contributed by atoms with Crippen molar-refractivity contribution < 1.29 is 4.74 Å². The van der Waals surface area contributed by atoms with Crippen LogP contribution in [0.1, 0.15) is 58.3 Å². The van der Waals surface area contributed by atoms with Gasteiger partial charge < -0.3 is 20.3 Å². The van der Waals surface area contributed by atoms with Crippen LogP contribution >= 0.6 is 24.0 Å². The fraction of sp³-hybridized carbons (Fsp3) is 0.944. The number of hydrogen-bond acceptors (Lipinski definition) is 3. The van der Waals surface area contributed by atoms with Crippen molar-refractivity contribution in [2.75, 3.05) is 26.7 Å². The zero-order chi connectivity index (χ0) is 16.1. The van der Waals surface area contributed by atoms with E-state index in [0.717, 1.165) is 25.0 Å². The molecule has 0 spiro atoms. The van der Waals surface area contributed by atoms with Crippen molar-refractivity contribution in [3.05, 3.63) is 0 Å². The van der Waals surface area contributed by atoms with Crippen molar-refractivity contribution in [1.82, 2.24) is 15.5 Å². The van der Waals surface area contributed by atoms with Gasteiger partial charge in [0.15, 0.2) is 5.96 Å². The van der Waals surface area contributed by atoms with E-state index in [1.807, 2.05) is 7.05 Å². The van der Waals surface area contributed by atoms with E-state index in [4.69, 9.17) is 4.74 Å². The van der Waals surface area contributed by atoms with Gasteiger partial charge in [0.05, 0.1) is 18.2 Å². The SMILES string of the molecule is CN=C(NCCCCN1CCCCC1C)NC1CC2CCC1O2.I. The topological polar surface area (TPSA) is 48.9 Å². The molecule has 0 amide bonds. The number of piperidine rings is 1. The number of hydrogen-bond donors (Lipinski definition) is 2. The Morgan fingerprint density at radius 2 is 2.08 bits per heavy atom. The molecule has 0 aromatic rings. The third-order valence-corrected chi connectivity index (χ3v) is 5.76. The zero-order valence-corrected chi connectivity index (χ0v) is 17.6. The highest BCUT2D eigenvalue weighted by Crippen LogP contribution is 2.34. The molecule has 0 saturated carbocycles. The van der Waals surface area contributed by atoms with Crippen LogP contribution < -0.4 is 10.6 Å². The lowest BCUT2D eigenvalue weighted by Gasteiger charge is -2.33. The summed E-state index contributed by atoms with van der Waals surface area (Å²) >= 11 is 0. The zero-order valence-electron chi connectivity index (χ0n) is 15.3. The fourth-order valence-corrected chi connectivity index (χ4v) is 4.30. The van der Waals surface area contributed by atoms with Crippen LogP contribution in [0.3, 0.4) is 0 Å². The minimum Gasteiger partial charge on any atom is -0.373 e. The van der Waals surface area contributed by atoms with Crippen LogP contribution in [0.25, 0.3) is 0 Å². The Labute approximate surface area is 164 Å². The first kappa shape index (κ1) is 20.2. The molecule has 24 heavy (non-hydrogen) atoms. The molecule has 4 atom stereocenters. The summed E-state index contributed by atoms with van der Waals surface area (Å²) in [4.78, 5) is 7.02. The van der Waals surface area contributed by atoms with Gasteiger partial charge in [-0.3, -0.25) is 4.99 Å². The number of ether oxygens (including phenoxy) is 1. The summed E-state index contributed by atoms with van der Waals surface area (Å²) in [6.45, 7) is 5.92. The van der Waals surface area contributed by atoms with Crippen molar-refractivity contribution >= 4 is 29.9 Å². The number of halogens is 1. The molecule has 0 aliphatic carbocycles. The number of unbranched alkanes of at least 4 members (excludes halogenated alkanes) is 1. The van der Waals surface area contributed by atoms with E-state index in [1.54, 1.807) is 0 Å². The summed E-state index contributed by atoms with van der Waals surface area (Å²) in [7, 11) is 1.86. The lowest BCUT2D eigenvalue weighted by Crippen LogP contribution is -2.47. The molecular formula is C18H35IN4O. The number of likely N-dealkylation sites (tertiary alicyclic amines) is 1.